The molecule has 1 atom stereocenters. The van der Waals surface area contributed by atoms with Gasteiger partial charge >= 0.3 is 0 Å². The number of nitrogens with zero attached hydrogens (tertiary/aromatic N) is 6. The first-order valence-corrected chi connectivity index (χ1v) is 9.80. The fraction of sp³-hybridized carbons (Fsp3) is 0.286. The van der Waals surface area contributed by atoms with E-state index in [0.29, 0.717) is 36.2 Å². The van der Waals surface area contributed by atoms with E-state index in [2.05, 4.69) is 25.8 Å². The summed E-state index contributed by atoms with van der Waals surface area (Å²) in [4.78, 5) is 17.5. The molecule has 8 nitrogen and oxygen atoms in total. The largest absolute Gasteiger partial charge is 0.354 e. The van der Waals surface area contributed by atoms with E-state index in [9.17, 15) is 13.6 Å². The molecular formula is C21H21F2N7O. The van der Waals surface area contributed by atoms with Gasteiger partial charge in [0.2, 0.25) is 5.91 Å². The van der Waals surface area contributed by atoms with Crippen molar-refractivity contribution in [2.24, 2.45) is 7.05 Å². The molecule has 4 aromatic rings. The summed E-state index contributed by atoms with van der Waals surface area (Å²) in [5.74, 6) is 0.306. The Morgan fingerprint density at radius 3 is 2.58 bits per heavy atom. The van der Waals surface area contributed by atoms with Gasteiger partial charge in [0, 0.05) is 26.4 Å². The summed E-state index contributed by atoms with van der Waals surface area (Å²) in [6.45, 7) is 2.04. The molecule has 0 radical (unpaired) electrons. The molecule has 2 heterocycles. The van der Waals surface area contributed by atoms with Gasteiger partial charge in [0.15, 0.2) is 0 Å². The smallest absolute Gasteiger partial charge is 0.245 e. The van der Waals surface area contributed by atoms with Gasteiger partial charge in [0.05, 0.1) is 11.0 Å². The van der Waals surface area contributed by atoms with Gasteiger partial charge in [-0.15, -0.1) is 5.10 Å². The van der Waals surface area contributed by atoms with Gasteiger partial charge in [-0.2, -0.15) is 0 Å². The highest BCUT2D eigenvalue weighted by atomic mass is 19.1. The van der Waals surface area contributed by atoms with Crippen molar-refractivity contribution < 1.29 is 13.6 Å². The number of hydrogen-bond donors (Lipinski definition) is 1. The van der Waals surface area contributed by atoms with Crippen molar-refractivity contribution in [3.8, 4) is 0 Å². The summed E-state index contributed by atoms with van der Waals surface area (Å²) in [5.41, 5.74) is 2.18. The van der Waals surface area contributed by atoms with Crippen LogP contribution in [-0.2, 0) is 24.7 Å². The minimum atomic E-state index is -0.685. The summed E-state index contributed by atoms with van der Waals surface area (Å²) in [5, 5.41) is 14.3. The van der Waals surface area contributed by atoms with Crippen LogP contribution >= 0.6 is 0 Å². The zero-order valence-electron chi connectivity index (χ0n) is 17.1. The number of imidazole rings is 1. The molecule has 160 valence electrons. The van der Waals surface area contributed by atoms with Crippen LogP contribution in [0.1, 0.15) is 23.3 Å². The number of halogens is 2. The number of rotatable bonds is 7. The van der Waals surface area contributed by atoms with Crippen LogP contribution in [0.3, 0.4) is 0 Å². The van der Waals surface area contributed by atoms with Crippen molar-refractivity contribution >= 4 is 16.9 Å². The van der Waals surface area contributed by atoms with Gasteiger partial charge in [-0.05, 0) is 53.2 Å². The van der Waals surface area contributed by atoms with Crippen molar-refractivity contribution in [2.75, 3.05) is 6.54 Å². The molecule has 0 spiro atoms. The molecule has 2 aromatic heterocycles. The van der Waals surface area contributed by atoms with Gasteiger partial charge in [0.1, 0.15) is 29.3 Å². The van der Waals surface area contributed by atoms with Gasteiger partial charge in [-0.3, -0.25) is 4.79 Å². The molecule has 0 saturated carbocycles. The van der Waals surface area contributed by atoms with E-state index in [1.54, 1.807) is 25.1 Å². The molecule has 1 amide bonds. The minimum Gasteiger partial charge on any atom is -0.354 e. The number of amides is 1. The van der Waals surface area contributed by atoms with Gasteiger partial charge < -0.3 is 9.88 Å². The van der Waals surface area contributed by atoms with E-state index < -0.39 is 6.04 Å². The number of benzene rings is 2. The van der Waals surface area contributed by atoms with E-state index >= 15 is 0 Å². The second-order valence-corrected chi connectivity index (χ2v) is 7.28. The summed E-state index contributed by atoms with van der Waals surface area (Å²) in [6, 6.07) is 9.72. The standard InChI is InChI=1S/C21H21F2N7O/c1-13-26-27-28-30(13)19(11-14-3-5-15(22)6-4-14)21(31)24-10-9-20-25-17-8-7-16(23)12-18(17)29(20)2/h3-8,12,19H,9-11H2,1-2H3,(H,24,31). The van der Waals surface area contributed by atoms with Crippen LogP contribution in [0.4, 0.5) is 8.78 Å². The van der Waals surface area contributed by atoms with Gasteiger partial charge in [-0.25, -0.2) is 18.4 Å². The van der Waals surface area contributed by atoms with Crippen molar-refractivity contribution in [3.63, 3.8) is 0 Å². The molecule has 10 heteroatoms. The van der Waals surface area contributed by atoms with Crippen LogP contribution < -0.4 is 5.32 Å². The Morgan fingerprint density at radius 1 is 1.13 bits per heavy atom. The molecule has 0 saturated heterocycles. The molecule has 1 unspecified atom stereocenters. The first kappa shape index (κ1) is 20.6. The summed E-state index contributed by atoms with van der Waals surface area (Å²) in [6.07, 6.45) is 0.778. The quantitative estimate of drug-likeness (QED) is 0.491. The Labute approximate surface area is 176 Å². The Balaban J connectivity index is 1.47. The van der Waals surface area contributed by atoms with Crippen molar-refractivity contribution in [3.05, 3.63) is 71.3 Å². The van der Waals surface area contributed by atoms with Crippen LogP contribution in [0.25, 0.3) is 11.0 Å². The molecule has 0 bridgehead atoms. The molecule has 0 aliphatic heterocycles. The lowest BCUT2D eigenvalue weighted by molar-refractivity contribution is -0.124. The van der Waals surface area contributed by atoms with E-state index in [4.69, 9.17) is 0 Å². The first-order valence-electron chi connectivity index (χ1n) is 9.80. The molecule has 1 N–H and O–H groups in total. The van der Waals surface area contributed by atoms with Crippen LogP contribution in [0.2, 0.25) is 0 Å². The Bertz CT molecular complexity index is 1220. The SMILES string of the molecule is Cc1nnnn1C(Cc1ccc(F)cc1)C(=O)NCCc1nc2ccc(F)cc2n1C. The summed E-state index contributed by atoms with van der Waals surface area (Å²) in [7, 11) is 1.81. The predicted octanol–water partition coefficient (Wildman–Crippen LogP) is 2.29. The highest BCUT2D eigenvalue weighted by Gasteiger charge is 2.24. The molecular weight excluding hydrogens is 404 g/mol. The molecule has 2 aromatic carbocycles. The average Bonchev–Trinajstić information content (AvgIpc) is 3.31. The van der Waals surface area contributed by atoms with Crippen molar-refractivity contribution in [1.29, 1.82) is 0 Å². The fourth-order valence-electron chi connectivity index (χ4n) is 3.51. The summed E-state index contributed by atoms with van der Waals surface area (Å²) >= 11 is 0. The monoisotopic (exact) mass is 425 g/mol. The second-order valence-electron chi connectivity index (χ2n) is 7.28. The Kier molecular flexibility index (Phi) is 5.70. The molecule has 0 aliphatic rings. The second kappa shape index (κ2) is 8.58. The van der Waals surface area contributed by atoms with Crippen LogP contribution in [0.5, 0.6) is 0 Å². The highest BCUT2D eigenvalue weighted by Crippen LogP contribution is 2.18. The summed E-state index contributed by atoms with van der Waals surface area (Å²) < 4.78 is 30.0. The first-order chi connectivity index (χ1) is 14.9. The van der Waals surface area contributed by atoms with Crippen molar-refractivity contribution in [2.45, 2.75) is 25.8 Å². The lowest BCUT2D eigenvalue weighted by Crippen LogP contribution is -2.36. The normalized spacial score (nSPS) is 12.3. The number of aromatic nitrogens is 6. The Morgan fingerprint density at radius 2 is 1.87 bits per heavy atom. The maximum atomic E-state index is 13.5. The van der Waals surface area contributed by atoms with Crippen molar-refractivity contribution in [1.82, 2.24) is 35.1 Å². The fourth-order valence-corrected chi connectivity index (χ4v) is 3.51. The number of fused-ring (bicyclic) bond motifs is 1. The van der Waals surface area contributed by atoms with Gasteiger partial charge in [-0.1, -0.05) is 12.1 Å². The third kappa shape index (κ3) is 4.42. The number of hydrogen-bond acceptors (Lipinski definition) is 5. The topological polar surface area (TPSA) is 90.5 Å². The predicted molar refractivity (Wildman–Crippen MR) is 109 cm³/mol. The van der Waals surface area contributed by atoms with Crippen LogP contribution in [0.15, 0.2) is 42.5 Å². The third-order valence-electron chi connectivity index (χ3n) is 5.18. The lowest BCUT2D eigenvalue weighted by Gasteiger charge is -2.17. The number of carbonyl (C=O) groups is 1. The van der Waals surface area contributed by atoms with Crippen LogP contribution in [0, 0.1) is 18.6 Å². The molecule has 0 aliphatic carbocycles. The van der Waals surface area contributed by atoms with E-state index in [1.165, 1.54) is 28.9 Å². The maximum absolute atomic E-state index is 13.5. The number of tetrazole rings is 1. The average molecular weight is 425 g/mol. The number of aryl methyl sites for hydroxylation is 2. The number of nitrogens with one attached hydrogen (secondary N) is 1. The number of carbonyl (C=O) groups excluding carboxylic acids is 1. The lowest BCUT2D eigenvalue weighted by atomic mass is 10.1. The highest BCUT2D eigenvalue weighted by molar-refractivity contribution is 5.80. The zero-order valence-corrected chi connectivity index (χ0v) is 17.1. The van der Waals surface area contributed by atoms with Crippen LogP contribution in [-0.4, -0.2) is 42.2 Å². The zero-order chi connectivity index (χ0) is 22.0. The molecule has 4 rings (SSSR count). The Hall–Kier alpha value is -3.69. The minimum absolute atomic E-state index is 0.260. The third-order valence-corrected chi connectivity index (χ3v) is 5.18. The van der Waals surface area contributed by atoms with Gasteiger partial charge in [0.25, 0.3) is 0 Å². The van der Waals surface area contributed by atoms with E-state index in [0.717, 1.165) is 11.4 Å². The van der Waals surface area contributed by atoms with E-state index in [1.807, 2.05) is 11.6 Å². The van der Waals surface area contributed by atoms with E-state index in [-0.39, 0.29) is 17.5 Å². The maximum Gasteiger partial charge on any atom is 0.245 e. The molecule has 0 fully saturated rings. The molecule has 31 heavy (non-hydrogen) atoms.